The molecule has 0 atom stereocenters. The molecule has 0 bridgehead atoms. The van der Waals surface area contributed by atoms with Crippen molar-refractivity contribution >= 4 is 17.2 Å². The molecule has 124 valence electrons. The van der Waals surface area contributed by atoms with Crippen LogP contribution in [-0.4, -0.2) is 52.5 Å². The predicted octanol–water partition coefficient (Wildman–Crippen LogP) is 2.39. The third kappa shape index (κ3) is 3.97. The smallest absolute Gasteiger partial charge is 0.145 e. The van der Waals surface area contributed by atoms with Crippen LogP contribution in [-0.2, 0) is 6.54 Å². The molecule has 0 amide bonds. The summed E-state index contributed by atoms with van der Waals surface area (Å²) in [5.74, 6) is 2.17. The minimum Gasteiger partial charge on any atom is -0.495 e. The lowest BCUT2D eigenvalue weighted by atomic mass is 10.2. The molecule has 1 aliphatic rings. The molecule has 1 fully saturated rings. The molecule has 1 aliphatic heterocycles. The maximum atomic E-state index is 5.25. The van der Waals surface area contributed by atoms with E-state index in [0.29, 0.717) is 5.92 Å². The Kier molecular flexibility index (Phi) is 5.07. The lowest BCUT2D eigenvalue weighted by Crippen LogP contribution is -2.46. The summed E-state index contributed by atoms with van der Waals surface area (Å²) in [6, 6.07) is 2.04. The van der Waals surface area contributed by atoms with E-state index in [9.17, 15) is 0 Å². The number of ether oxygens (including phenoxy) is 1. The molecular formula is C16H23N5OS. The van der Waals surface area contributed by atoms with Crippen LogP contribution in [0, 0.1) is 0 Å². The third-order valence-corrected chi connectivity index (χ3v) is 4.74. The first-order valence-corrected chi connectivity index (χ1v) is 8.72. The quantitative estimate of drug-likeness (QED) is 0.837. The van der Waals surface area contributed by atoms with Crippen LogP contribution in [0.4, 0.5) is 5.69 Å². The summed E-state index contributed by atoms with van der Waals surface area (Å²) in [4.78, 5) is 13.7. The number of aromatic nitrogens is 3. The van der Waals surface area contributed by atoms with E-state index in [1.54, 1.807) is 13.3 Å². The molecule has 2 aromatic heterocycles. The van der Waals surface area contributed by atoms with Gasteiger partial charge >= 0.3 is 0 Å². The first kappa shape index (κ1) is 16.1. The van der Waals surface area contributed by atoms with Gasteiger partial charge in [0.05, 0.1) is 31.7 Å². The highest BCUT2D eigenvalue weighted by Crippen LogP contribution is 2.21. The largest absolute Gasteiger partial charge is 0.495 e. The fourth-order valence-electron chi connectivity index (χ4n) is 2.61. The van der Waals surface area contributed by atoms with Crippen molar-refractivity contribution in [2.45, 2.75) is 26.3 Å². The van der Waals surface area contributed by atoms with Crippen LogP contribution in [0.15, 0.2) is 18.5 Å². The van der Waals surface area contributed by atoms with Gasteiger partial charge in [-0.15, -0.1) is 0 Å². The van der Waals surface area contributed by atoms with Crippen LogP contribution in [0.1, 0.15) is 30.6 Å². The van der Waals surface area contributed by atoms with Crippen LogP contribution in [0.3, 0.4) is 0 Å². The normalized spacial score (nSPS) is 16.1. The van der Waals surface area contributed by atoms with Crippen molar-refractivity contribution in [1.82, 2.24) is 19.2 Å². The van der Waals surface area contributed by atoms with Gasteiger partial charge in [-0.1, -0.05) is 13.8 Å². The van der Waals surface area contributed by atoms with Crippen LogP contribution >= 0.6 is 11.5 Å². The summed E-state index contributed by atoms with van der Waals surface area (Å²) in [6.07, 6.45) is 3.64. The molecule has 0 aliphatic carbocycles. The Hall–Kier alpha value is -1.73. The van der Waals surface area contributed by atoms with Crippen molar-refractivity contribution < 1.29 is 4.74 Å². The number of piperazine rings is 1. The highest BCUT2D eigenvalue weighted by atomic mass is 32.1. The Morgan fingerprint density at radius 3 is 2.65 bits per heavy atom. The van der Waals surface area contributed by atoms with E-state index in [1.165, 1.54) is 11.5 Å². The molecule has 0 radical (unpaired) electrons. The Labute approximate surface area is 141 Å². The summed E-state index contributed by atoms with van der Waals surface area (Å²) < 4.78 is 9.69. The van der Waals surface area contributed by atoms with Gasteiger partial charge in [0.1, 0.15) is 16.6 Å². The molecule has 23 heavy (non-hydrogen) atoms. The fourth-order valence-corrected chi connectivity index (χ4v) is 3.44. The number of methoxy groups -OCH3 is 1. The van der Waals surface area contributed by atoms with Crippen LogP contribution < -0.4 is 9.64 Å². The summed E-state index contributed by atoms with van der Waals surface area (Å²) in [6.45, 7) is 9.19. The second kappa shape index (κ2) is 7.23. The van der Waals surface area contributed by atoms with Gasteiger partial charge in [-0.25, -0.2) is 4.98 Å². The Bertz CT molecular complexity index is 637. The highest BCUT2D eigenvalue weighted by molar-refractivity contribution is 7.05. The average Bonchev–Trinajstić information content (AvgIpc) is 3.04. The van der Waals surface area contributed by atoms with Crippen LogP contribution in [0.2, 0.25) is 0 Å². The van der Waals surface area contributed by atoms with Gasteiger partial charge in [0, 0.05) is 38.2 Å². The SMILES string of the molecule is COc1cncc(N2CCN(Cc3nc(C(C)C)ns3)CC2)c1. The van der Waals surface area contributed by atoms with Gasteiger partial charge in [0.15, 0.2) is 0 Å². The molecule has 3 rings (SSSR count). The Morgan fingerprint density at radius 1 is 1.22 bits per heavy atom. The average molecular weight is 333 g/mol. The lowest BCUT2D eigenvalue weighted by Gasteiger charge is -2.35. The highest BCUT2D eigenvalue weighted by Gasteiger charge is 2.19. The van der Waals surface area contributed by atoms with Crippen molar-refractivity contribution in [3.8, 4) is 5.75 Å². The van der Waals surface area contributed by atoms with Crippen molar-refractivity contribution in [1.29, 1.82) is 0 Å². The van der Waals surface area contributed by atoms with Crippen LogP contribution in [0.5, 0.6) is 5.75 Å². The van der Waals surface area contributed by atoms with Gasteiger partial charge in [0.25, 0.3) is 0 Å². The summed E-state index contributed by atoms with van der Waals surface area (Å²) in [5, 5.41) is 1.12. The zero-order valence-corrected chi connectivity index (χ0v) is 14.7. The second-order valence-corrected chi connectivity index (χ2v) is 6.88. The van der Waals surface area contributed by atoms with Crippen molar-refractivity contribution in [2.24, 2.45) is 0 Å². The minimum absolute atomic E-state index is 0.400. The number of nitrogens with zero attached hydrogens (tertiary/aromatic N) is 5. The standard InChI is InChI=1S/C16H23N5OS/c1-12(2)16-18-15(23-19-16)11-20-4-6-21(7-5-20)13-8-14(22-3)10-17-9-13/h8-10,12H,4-7,11H2,1-3H3. The first-order valence-electron chi connectivity index (χ1n) is 7.94. The molecule has 0 saturated carbocycles. The molecular weight excluding hydrogens is 310 g/mol. The van der Waals surface area contributed by atoms with E-state index in [-0.39, 0.29) is 0 Å². The molecule has 0 unspecified atom stereocenters. The van der Waals surface area contributed by atoms with E-state index in [1.807, 2.05) is 12.3 Å². The summed E-state index contributed by atoms with van der Waals surface area (Å²) in [7, 11) is 1.67. The number of pyridine rings is 1. The van der Waals surface area contributed by atoms with Crippen LogP contribution in [0.25, 0.3) is 0 Å². The van der Waals surface area contributed by atoms with E-state index < -0.39 is 0 Å². The number of hydrogen-bond donors (Lipinski definition) is 0. The van der Waals surface area contributed by atoms with Gasteiger partial charge in [0.2, 0.25) is 0 Å². The maximum Gasteiger partial charge on any atom is 0.145 e. The Balaban J connectivity index is 1.55. The zero-order chi connectivity index (χ0) is 16.2. The topological polar surface area (TPSA) is 54.4 Å². The minimum atomic E-state index is 0.400. The molecule has 0 spiro atoms. The molecule has 3 heterocycles. The Morgan fingerprint density at radius 2 is 2.00 bits per heavy atom. The van der Waals surface area contributed by atoms with Gasteiger partial charge in [-0.05, 0) is 11.5 Å². The zero-order valence-electron chi connectivity index (χ0n) is 13.9. The van der Waals surface area contributed by atoms with Crippen molar-refractivity contribution in [3.63, 3.8) is 0 Å². The molecule has 0 N–H and O–H groups in total. The van der Waals surface area contributed by atoms with E-state index in [2.05, 4.69) is 38.0 Å². The number of hydrogen-bond acceptors (Lipinski definition) is 7. The molecule has 1 saturated heterocycles. The predicted molar refractivity (Wildman–Crippen MR) is 92.3 cm³/mol. The first-order chi connectivity index (χ1) is 11.2. The molecule has 7 heteroatoms. The van der Waals surface area contributed by atoms with Gasteiger partial charge < -0.3 is 9.64 Å². The fraction of sp³-hybridized carbons (Fsp3) is 0.562. The third-order valence-electron chi connectivity index (χ3n) is 4.03. The van der Waals surface area contributed by atoms with Crippen molar-refractivity contribution in [3.05, 3.63) is 29.3 Å². The second-order valence-electron chi connectivity index (χ2n) is 6.05. The monoisotopic (exact) mass is 333 g/mol. The molecule has 0 aromatic carbocycles. The van der Waals surface area contributed by atoms with E-state index in [0.717, 1.165) is 55.0 Å². The number of rotatable bonds is 5. The maximum absolute atomic E-state index is 5.25. The van der Waals surface area contributed by atoms with E-state index in [4.69, 9.17) is 4.74 Å². The summed E-state index contributed by atoms with van der Waals surface area (Å²) in [5.41, 5.74) is 1.13. The number of anilines is 1. The van der Waals surface area contributed by atoms with Gasteiger partial charge in [-0.3, -0.25) is 9.88 Å². The molecule has 2 aromatic rings. The van der Waals surface area contributed by atoms with Crippen molar-refractivity contribution in [2.75, 3.05) is 38.2 Å². The van der Waals surface area contributed by atoms with Gasteiger partial charge in [-0.2, -0.15) is 4.37 Å². The lowest BCUT2D eigenvalue weighted by molar-refractivity contribution is 0.249. The summed E-state index contributed by atoms with van der Waals surface area (Å²) >= 11 is 1.53. The van der Waals surface area contributed by atoms with E-state index >= 15 is 0 Å². The molecule has 6 nitrogen and oxygen atoms in total.